The van der Waals surface area contributed by atoms with Gasteiger partial charge in [-0.05, 0) is 25.2 Å². The summed E-state index contributed by atoms with van der Waals surface area (Å²) < 4.78 is 0. The van der Waals surface area contributed by atoms with Crippen LogP contribution >= 0.6 is 0 Å². The van der Waals surface area contributed by atoms with Crippen molar-refractivity contribution in [3.63, 3.8) is 0 Å². The average Bonchev–Trinajstić information content (AvgIpc) is 2.28. The molecule has 0 atom stereocenters. The molecule has 3 nitrogen and oxygen atoms in total. The average molecular weight is 233 g/mol. The van der Waals surface area contributed by atoms with Gasteiger partial charge in [0.25, 0.3) is 0 Å². The second-order valence-corrected chi connectivity index (χ2v) is 5.02. The van der Waals surface area contributed by atoms with Gasteiger partial charge in [-0.3, -0.25) is 4.90 Å². The normalized spacial score (nSPS) is 17.6. The highest BCUT2D eigenvalue weighted by Gasteiger charge is 2.11. The smallest absolute Gasteiger partial charge is 0.0238 e. The van der Waals surface area contributed by atoms with Crippen molar-refractivity contribution in [2.24, 2.45) is 0 Å². The number of benzene rings is 1. The van der Waals surface area contributed by atoms with E-state index in [4.69, 9.17) is 0 Å². The number of fused-ring (bicyclic) bond motifs is 1. The molecular formula is C14H23N3. The van der Waals surface area contributed by atoms with Gasteiger partial charge >= 0.3 is 0 Å². The summed E-state index contributed by atoms with van der Waals surface area (Å²) in [7, 11) is 4.27. The van der Waals surface area contributed by atoms with E-state index in [0.29, 0.717) is 0 Å². The fraction of sp³-hybridized carbons (Fsp3) is 0.571. The maximum Gasteiger partial charge on any atom is 0.0238 e. The van der Waals surface area contributed by atoms with Gasteiger partial charge in [0.15, 0.2) is 0 Å². The molecule has 0 saturated heterocycles. The summed E-state index contributed by atoms with van der Waals surface area (Å²) in [5.41, 5.74) is 2.92. The molecule has 0 amide bonds. The lowest BCUT2D eigenvalue weighted by atomic mass is 10.1. The Labute approximate surface area is 104 Å². The van der Waals surface area contributed by atoms with E-state index in [2.05, 4.69) is 53.5 Å². The predicted octanol–water partition coefficient (Wildman–Crippen LogP) is 1.15. The monoisotopic (exact) mass is 233 g/mol. The van der Waals surface area contributed by atoms with Crippen molar-refractivity contribution in [3.8, 4) is 0 Å². The number of hydrogen-bond donors (Lipinski definition) is 1. The number of rotatable bonds is 3. The van der Waals surface area contributed by atoms with Crippen LogP contribution in [0.3, 0.4) is 0 Å². The zero-order valence-corrected chi connectivity index (χ0v) is 10.9. The van der Waals surface area contributed by atoms with E-state index >= 15 is 0 Å². The van der Waals surface area contributed by atoms with E-state index in [9.17, 15) is 0 Å². The first-order chi connectivity index (χ1) is 8.25. The van der Waals surface area contributed by atoms with Crippen molar-refractivity contribution in [2.45, 2.75) is 13.1 Å². The van der Waals surface area contributed by atoms with Crippen molar-refractivity contribution in [1.29, 1.82) is 0 Å². The van der Waals surface area contributed by atoms with E-state index in [1.165, 1.54) is 11.1 Å². The third-order valence-electron chi connectivity index (χ3n) is 3.30. The molecule has 1 N–H and O–H groups in total. The highest BCUT2D eigenvalue weighted by atomic mass is 15.2. The molecule has 0 saturated carbocycles. The zero-order chi connectivity index (χ0) is 12.1. The van der Waals surface area contributed by atoms with Crippen LogP contribution in [0.2, 0.25) is 0 Å². The Morgan fingerprint density at radius 1 is 1.24 bits per heavy atom. The van der Waals surface area contributed by atoms with Crippen LogP contribution in [0.25, 0.3) is 0 Å². The summed E-state index contributed by atoms with van der Waals surface area (Å²) in [5.74, 6) is 0. The maximum absolute atomic E-state index is 3.51. The van der Waals surface area contributed by atoms with E-state index in [1.807, 2.05) is 0 Å². The van der Waals surface area contributed by atoms with Crippen LogP contribution in [-0.4, -0.2) is 50.1 Å². The molecular weight excluding hydrogens is 210 g/mol. The van der Waals surface area contributed by atoms with E-state index in [1.54, 1.807) is 0 Å². The number of hydrogen-bond acceptors (Lipinski definition) is 3. The molecule has 1 aromatic rings. The Bertz CT molecular complexity index is 349. The zero-order valence-electron chi connectivity index (χ0n) is 10.9. The van der Waals surface area contributed by atoms with E-state index in [0.717, 1.165) is 39.3 Å². The van der Waals surface area contributed by atoms with Crippen molar-refractivity contribution < 1.29 is 0 Å². The standard InChI is InChI=1S/C14H23N3/c1-16(2)9-10-17-8-7-15-11-13-5-3-4-6-14(13)12-17/h3-6,15H,7-12H2,1-2H3. The summed E-state index contributed by atoms with van der Waals surface area (Å²) >= 11 is 0. The van der Waals surface area contributed by atoms with Crippen LogP contribution in [0.1, 0.15) is 11.1 Å². The second-order valence-electron chi connectivity index (χ2n) is 5.02. The third-order valence-corrected chi connectivity index (χ3v) is 3.30. The molecule has 1 heterocycles. The minimum Gasteiger partial charge on any atom is -0.311 e. The molecule has 0 aliphatic carbocycles. The Balaban J connectivity index is 2.02. The molecule has 0 radical (unpaired) electrons. The molecule has 0 aromatic heterocycles. The van der Waals surface area contributed by atoms with Crippen LogP contribution in [0.4, 0.5) is 0 Å². The van der Waals surface area contributed by atoms with Crippen LogP contribution < -0.4 is 5.32 Å². The lowest BCUT2D eigenvalue weighted by Gasteiger charge is -2.27. The Morgan fingerprint density at radius 3 is 2.76 bits per heavy atom. The molecule has 0 unspecified atom stereocenters. The van der Waals surface area contributed by atoms with Crippen LogP contribution in [0.15, 0.2) is 24.3 Å². The van der Waals surface area contributed by atoms with Crippen LogP contribution in [0.5, 0.6) is 0 Å². The molecule has 17 heavy (non-hydrogen) atoms. The van der Waals surface area contributed by atoms with Gasteiger partial charge in [0.1, 0.15) is 0 Å². The lowest BCUT2D eigenvalue weighted by molar-refractivity contribution is 0.229. The Morgan fingerprint density at radius 2 is 2.00 bits per heavy atom. The lowest BCUT2D eigenvalue weighted by Crippen LogP contribution is -2.38. The minimum absolute atomic E-state index is 1.01. The molecule has 1 aromatic carbocycles. The van der Waals surface area contributed by atoms with Crippen molar-refractivity contribution >= 4 is 0 Å². The highest BCUT2D eigenvalue weighted by molar-refractivity contribution is 5.27. The van der Waals surface area contributed by atoms with Gasteiger partial charge in [-0.2, -0.15) is 0 Å². The van der Waals surface area contributed by atoms with Gasteiger partial charge in [0.2, 0.25) is 0 Å². The van der Waals surface area contributed by atoms with Crippen LogP contribution in [0, 0.1) is 0 Å². The van der Waals surface area contributed by atoms with Gasteiger partial charge in [-0.25, -0.2) is 0 Å². The van der Waals surface area contributed by atoms with E-state index in [-0.39, 0.29) is 0 Å². The SMILES string of the molecule is CN(C)CCN1CCNCc2ccccc2C1. The van der Waals surface area contributed by atoms with Gasteiger partial charge in [-0.15, -0.1) is 0 Å². The largest absolute Gasteiger partial charge is 0.311 e. The summed E-state index contributed by atoms with van der Waals surface area (Å²) in [6.45, 7) is 6.60. The van der Waals surface area contributed by atoms with Crippen LogP contribution in [-0.2, 0) is 13.1 Å². The van der Waals surface area contributed by atoms with Crippen molar-refractivity contribution in [1.82, 2.24) is 15.1 Å². The minimum atomic E-state index is 1.01. The molecule has 1 aliphatic rings. The quantitative estimate of drug-likeness (QED) is 0.845. The molecule has 94 valence electrons. The maximum atomic E-state index is 3.51. The van der Waals surface area contributed by atoms with Gasteiger partial charge in [0.05, 0.1) is 0 Å². The fourth-order valence-electron chi connectivity index (χ4n) is 2.20. The summed E-state index contributed by atoms with van der Waals surface area (Å²) in [6, 6.07) is 8.76. The van der Waals surface area contributed by atoms with Crippen molar-refractivity contribution in [3.05, 3.63) is 35.4 Å². The molecule has 3 heteroatoms. The number of nitrogens with one attached hydrogen (secondary N) is 1. The first-order valence-electron chi connectivity index (χ1n) is 6.40. The fourth-order valence-corrected chi connectivity index (χ4v) is 2.20. The second kappa shape index (κ2) is 6.15. The Hall–Kier alpha value is -0.900. The molecule has 0 fully saturated rings. The number of likely N-dealkylation sites (N-methyl/N-ethyl adjacent to an activating group) is 1. The van der Waals surface area contributed by atoms with Gasteiger partial charge in [-0.1, -0.05) is 24.3 Å². The topological polar surface area (TPSA) is 18.5 Å². The molecule has 1 aliphatic heterocycles. The molecule has 0 bridgehead atoms. The van der Waals surface area contributed by atoms with E-state index < -0.39 is 0 Å². The van der Waals surface area contributed by atoms with Crippen molar-refractivity contribution in [2.75, 3.05) is 40.3 Å². The summed E-state index contributed by atoms with van der Waals surface area (Å²) in [5, 5.41) is 3.51. The summed E-state index contributed by atoms with van der Waals surface area (Å²) in [6.07, 6.45) is 0. The molecule has 2 rings (SSSR count). The Kier molecular flexibility index (Phi) is 4.54. The van der Waals surface area contributed by atoms with Gasteiger partial charge < -0.3 is 10.2 Å². The van der Waals surface area contributed by atoms with Gasteiger partial charge in [0, 0.05) is 39.3 Å². The molecule has 0 spiro atoms. The first kappa shape index (κ1) is 12.6. The first-order valence-corrected chi connectivity index (χ1v) is 6.40. The highest BCUT2D eigenvalue weighted by Crippen LogP contribution is 2.13. The predicted molar refractivity (Wildman–Crippen MR) is 72.0 cm³/mol. The summed E-state index contributed by atoms with van der Waals surface area (Å²) in [4.78, 5) is 4.78. The number of nitrogens with zero attached hydrogens (tertiary/aromatic N) is 2. The third kappa shape index (κ3) is 3.80.